The van der Waals surface area contributed by atoms with Crippen LogP contribution in [0.5, 0.6) is 0 Å². The Morgan fingerprint density at radius 2 is 1.70 bits per heavy atom. The predicted molar refractivity (Wildman–Crippen MR) is 145 cm³/mol. The number of anilines is 2. The molecule has 0 saturated carbocycles. The number of nitrogens with zero attached hydrogens (tertiary/aromatic N) is 1. The summed E-state index contributed by atoms with van der Waals surface area (Å²) in [6.45, 7) is 5.39. The van der Waals surface area contributed by atoms with Gasteiger partial charge in [-0.2, -0.15) is 0 Å². The first-order chi connectivity index (χ1) is 17.6. The van der Waals surface area contributed by atoms with Gasteiger partial charge in [-0.25, -0.2) is 17.2 Å². The van der Waals surface area contributed by atoms with Crippen molar-refractivity contribution in [3.05, 3.63) is 94.6 Å². The van der Waals surface area contributed by atoms with Crippen molar-refractivity contribution in [3.63, 3.8) is 0 Å². The molecule has 1 heterocycles. The first-order valence-corrected chi connectivity index (χ1v) is 13.1. The molecule has 0 bridgehead atoms. The molecule has 1 aromatic heterocycles. The molecule has 190 valence electrons. The van der Waals surface area contributed by atoms with Gasteiger partial charge >= 0.3 is 5.97 Å². The fraction of sp³-hybridized carbons (Fsp3) is 0.0769. The SMILES string of the molecule is C=C(C(=O)Nc1ccccc1N)c1c(C(=O)OCC)n(S(=O)(=O)c2ccccc2)c2cc(Cl)cc(Cl)c12. The first kappa shape index (κ1) is 26.3. The highest BCUT2D eigenvalue weighted by Crippen LogP contribution is 2.40. The highest BCUT2D eigenvalue weighted by atomic mass is 35.5. The molecule has 0 aliphatic carbocycles. The lowest BCUT2D eigenvalue weighted by Crippen LogP contribution is -2.22. The lowest BCUT2D eigenvalue weighted by molar-refractivity contribution is -0.111. The zero-order valence-corrected chi connectivity index (χ0v) is 21.8. The number of esters is 1. The van der Waals surface area contributed by atoms with E-state index in [1.807, 2.05) is 0 Å². The minimum atomic E-state index is -4.39. The molecule has 3 aromatic carbocycles. The summed E-state index contributed by atoms with van der Waals surface area (Å²) in [5.41, 5.74) is 5.75. The summed E-state index contributed by atoms with van der Waals surface area (Å²) in [6, 6.07) is 16.8. The number of carbonyl (C=O) groups excluding carboxylic acids is 2. The van der Waals surface area contributed by atoms with Crippen molar-refractivity contribution >= 4 is 73.0 Å². The molecule has 0 unspecified atom stereocenters. The number of aromatic nitrogens is 1. The monoisotopic (exact) mass is 557 g/mol. The van der Waals surface area contributed by atoms with Gasteiger partial charge in [0.2, 0.25) is 0 Å². The van der Waals surface area contributed by atoms with E-state index in [1.54, 1.807) is 49.4 Å². The van der Waals surface area contributed by atoms with Crippen molar-refractivity contribution in [1.82, 2.24) is 3.97 Å². The number of nitrogen functional groups attached to an aromatic ring is 1. The number of fused-ring (bicyclic) bond motifs is 1. The van der Waals surface area contributed by atoms with Crippen LogP contribution in [0.2, 0.25) is 10.0 Å². The van der Waals surface area contributed by atoms with Crippen LogP contribution in [0.1, 0.15) is 23.0 Å². The maximum absolute atomic E-state index is 13.9. The van der Waals surface area contributed by atoms with E-state index in [4.69, 9.17) is 33.7 Å². The summed E-state index contributed by atoms with van der Waals surface area (Å²) in [5, 5.41) is 2.86. The number of nitrogens with two attached hydrogens (primary N) is 1. The fourth-order valence-electron chi connectivity index (χ4n) is 3.86. The van der Waals surface area contributed by atoms with E-state index in [2.05, 4.69) is 11.9 Å². The van der Waals surface area contributed by atoms with E-state index < -0.39 is 27.6 Å². The summed E-state index contributed by atoms with van der Waals surface area (Å²) in [5.74, 6) is -1.72. The van der Waals surface area contributed by atoms with Gasteiger partial charge in [0.25, 0.3) is 15.9 Å². The standard InChI is InChI=1S/C26H21Cl2N3O5S/c1-3-36-26(33)24-22(15(2)25(32)30-20-12-8-7-11-19(20)29)23-18(28)13-16(27)14-21(23)31(24)37(34,35)17-9-5-4-6-10-17/h4-14H,2-3,29H2,1H3,(H,30,32). The Hall–Kier alpha value is -3.79. The number of rotatable bonds is 7. The fourth-order valence-corrected chi connectivity index (χ4v) is 5.95. The van der Waals surface area contributed by atoms with E-state index in [1.165, 1.54) is 24.3 Å². The van der Waals surface area contributed by atoms with E-state index in [0.29, 0.717) is 11.4 Å². The highest BCUT2D eigenvalue weighted by Gasteiger charge is 2.35. The molecule has 37 heavy (non-hydrogen) atoms. The van der Waals surface area contributed by atoms with E-state index in [0.717, 1.165) is 3.97 Å². The smallest absolute Gasteiger partial charge is 0.356 e. The van der Waals surface area contributed by atoms with Crippen LogP contribution in [0.15, 0.2) is 78.2 Å². The number of benzene rings is 3. The molecule has 0 aliphatic rings. The molecule has 4 aromatic rings. The molecule has 3 N–H and O–H groups in total. The van der Waals surface area contributed by atoms with Gasteiger partial charge in [0.15, 0.2) is 5.69 Å². The van der Waals surface area contributed by atoms with E-state index in [-0.39, 0.29) is 43.6 Å². The maximum atomic E-state index is 13.9. The minimum absolute atomic E-state index is 0.0123. The second-order valence-electron chi connectivity index (χ2n) is 7.83. The molecule has 8 nitrogen and oxygen atoms in total. The first-order valence-electron chi connectivity index (χ1n) is 10.9. The molecule has 11 heteroatoms. The van der Waals surface area contributed by atoms with Gasteiger partial charge in [-0.1, -0.05) is 60.1 Å². The third-order valence-electron chi connectivity index (χ3n) is 5.48. The summed E-state index contributed by atoms with van der Waals surface area (Å²) >= 11 is 12.8. The summed E-state index contributed by atoms with van der Waals surface area (Å²) < 4.78 is 33.7. The van der Waals surface area contributed by atoms with Crippen LogP contribution >= 0.6 is 23.2 Å². The number of ether oxygens (including phenoxy) is 1. The van der Waals surface area contributed by atoms with Crippen LogP contribution in [0, 0.1) is 0 Å². The molecule has 0 radical (unpaired) electrons. The molecule has 0 spiro atoms. The van der Waals surface area contributed by atoms with Gasteiger partial charge in [0.1, 0.15) is 0 Å². The van der Waals surface area contributed by atoms with Crippen LogP contribution in [-0.4, -0.2) is 30.9 Å². The minimum Gasteiger partial charge on any atom is -0.461 e. The number of halogens is 2. The molecule has 0 atom stereocenters. The largest absolute Gasteiger partial charge is 0.461 e. The normalized spacial score (nSPS) is 11.3. The summed E-state index contributed by atoms with van der Waals surface area (Å²) in [6.07, 6.45) is 0. The van der Waals surface area contributed by atoms with Gasteiger partial charge in [-0.15, -0.1) is 0 Å². The molecule has 4 rings (SSSR count). The zero-order chi connectivity index (χ0) is 26.9. The van der Waals surface area contributed by atoms with Crippen molar-refractivity contribution in [2.24, 2.45) is 0 Å². The van der Waals surface area contributed by atoms with Gasteiger partial charge in [-0.3, -0.25) is 4.79 Å². The Labute approximate surface area is 223 Å². The van der Waals surface area contributed by atoms with Crippen LogP contribution in [-0.2, 0) is 19.6 Å². The second kappa shape index (κ2) is 10.3. The van der Waals surface area contributed by atoms with E-state index >= 15 is 0 Å². The molecular formula is C26H21Cl2N3O5S. The van der Waals surface area contributed by atoms with Gasteiger partial charge in [0.05, 0.1) is 33.4 Å². The van der Waals surface area contributed by atoms with Crippen molar-refractivity contribution in [2.75, 3.05) is 17.7 Å². The Kier molecular flexibility index (Phi) is 7.31. The van der Waals surface area contributed by atoms with Gasteiger partial charge in [-0.05, 0) is 43.3 Å². The topological polar surface area (TPSA) is 120 Å². The number of hydrogen-bond acceptors (Lipinski definition) is 6. The summed E-state index contributed by atoms with van der Waals surface area (Å²) in [4.78, 5) is 26.5. The Bertz CT molecular complexity index is 1660. The third-order valence-corrected chi connectivity index (χ3v) is 7.72. The number of nitrogens with one attached hydrogen (secondary N) is 1. The Morgan fingerprint density at radius 3 is 2.35 bits per heavy atom. The van der Waals surface area contributed by atoms with Crippen LogP contribution in [0.25, 0.3) is 16.5 Å². The summed E-state index contributed by atoms with van der Waals surface area (Å²) in [7, 11) is -4.39. The Morgan fingerprint density at radius 1 is 1.05 bits per heavy atom. The van der Waals surface area contributed by atoms with Crippen LogP contribution in [0.4, 0.5) is 11.4 Å². The third kappa shape index (κ3) is 4.81. The molecular weight excluding hydrogens is 537 g/mol. The molecule has 1 amide bonds. The lowest BCUT2D eigenvalue weighted by Gasteiger charge is -2.14. The quantitative estimate of drug-likeness (QED) is 0.173. The van der Waals surface area contributed by atoms with Crippen molar-refractivity contribution in [1.29, 1.82) is 0 Å². The number of amides is 1. The molecule has 0 saturated heterocycles. The van der Waals surface area contributed by atoms with Crippen LogP contribution < -0.4 is 11.1 Å². The van der Waals surface area contributed by atoms with Gasteiger partial charge < -0.3 is 15.8 Å². The molecule has 0 aliphatic heterocycles. The number of hydrogen-bond donors (Lipinski definition) is 2. The van der Waals surface area contributed by atoms with Crippen molar-refractivity contribution in [2.45, 2.75) is 11.8 Å². The van der Waals surface area contributed by atoms with E-state index in [9.17, 15) is 18.0 Å². The Balaban J connectivity index is 2.05. The predicted octanol–water partition coefficient (Wildman–Crippen LogP) is 5.60. The number of para-hydroxylation sites is 2. The average Bonchev–Trinajstić information content (AvgIpc) is 3.21. The van der Waals surface area contributed by atoms with Gasteiger partial charge in [0, 0.05) is 21.5 Å². The average molecular weight is 558 g/mol. The highest BCUT2D eigenvalue weighted by molar-refractivity contribution is 7.90. The van der Waals surface area contributed by atoms with Crippen molar-refractivity contribution in [3.8, 4) is 0 Å². The molecule has 0 fully saturated rings. The maximum Gasteiger partial charge on any atom is 0.356 e. The van der Waals surface area contributed by atoms with Crippen molar-refractivity contribution < 1.29 is 22.7 Å². The second-order valence-corrected chi connectivity index (χ2v) is 10.5. The number of carbonyl (C=O) groups is 2. The van der Waals surface area contributed by atoms with Crippen LogP contribution in [0.3, 0.4) is 0 Å². The lowest BCUT2D eigenvalue weighted by atomic mass is 10.0. The zero-order valence-electron chi connectivity index (χ0n) is 19.5.